The third-order valence-electron chi connectivity index (χ3n) is 2.49. The number of aromatic nitrogens is 1. The smallest absolute Gasteiger partial charge is 0.241 e. The third-order valence-corrected chi connectivity index (χ3v) is 4.01. The number of rotatable bonds is 6. The molecule has 1 N–H and O–H groups in total. The minimum atomic E-state index is -3.92. The molecule has 0 fully saturated rings. The number of halogens is 2. The highest BCUT2D eigenvalue weighted by molar-refractivity contribution is 7.89. The quantitative estimate of drug-likeness (QED) is 0.818. The highest BCUT2D eigenvalue weighted by Gasteiger charge is 2.24. The van der Waals surface area contributed by atoms with Crippen LogP contribution in [0.1, 0.15) is 20.3 Å². The SMILES string of the molecule is CC(C)(CCCl)CNS(=O)(=O)c1ncccc1F. The molecule has 0 aromatic carbocycles. The maximum atomic E-state index is 13.4. The average molecular weight is 295 g/mol. The molecule has 1 aromatic heterocycles. The van der Waals surface area contributed by atoms with Gasteiger partial charge in [-0.1, -0.05) is 13.8 Å². The largest absolute Gasteiger partial charge is 0.261 e. The van der Waals surface area contributed by atoms with Crippen LogP contribution in [0.25, 0.3) is 0 Å². The van der Waals surface area contributed by atoms with Crippen molar-refractivity contribution >= 4 is 21.6 Å². The maximum Gasteiger partial charge on any atom is 0.261 e. The van der Waals surface area contributed by atoms with Crippen molar-refractivity contribution in [3.63, 3.8) is 0 Å². The Labute approximate surface area is 112 Å². The Balaban J connectivity index is 2.81. The van der Waals surface area contributed by atoms with Gasteiger partial charge >= 0.3 is 0 Å². The van der Waals surface area contributed by atoms with E-state index in [-0.39, 0.29) is 12.0 Å². The van der Waals surface area contributed by atoms with Crippen molar-refractivity contribution in [3.05, 3.63) is 24.1 Å². The van der Waals surface area contributed by atoms with Gasteiger partial charge in [-0.15, -0.1) is 11.6 Å². The lowest BCUT2D eigenvalue weighted by Gasteiger charge is -2.23. The van der Waals surface area contributed by atoms with Crippen LogP contribution < -0.4 is 4.72 Å². The number of nitrogens with one attached hydrogen (secondary N) is 1. The van der Waals surface area contributed by atoms with Crippen molar-refractivity contribution in [2.75, 3.05) is 12.4 Å². The highest BCUT2D eigenvalue weighted by Crippen LogP contribution is 2.20. The number of hydrogen-bond donors (Lipinski definition) is 1. The Hall–Kier alpha value is -0.720. The molecule has 0 bridgehead atoms. The van der Waals surface area contributed by atoms with E-state index in [0.29, 0.717) is 12.3 Å². The van der Waals surface area contributed by atoms with Crippen LogP contribution in [0, 0.1) is 11.2 Å². The summed E-state index contributed by atoms with van der Waals surface area (Å²) in [6, 6.07) is 2.40. The van der Waals surface area contributed by atoms with E-state index in [0.717, 1.165) is 6.07 Å². The van der Waals surface area contributed by atoms with Gasteiger partial charge in [-0.2, -0.15) is 0 Å². The molecular weight excluding hydrogens is 279 g/mol. The summed E-state index contributed by atoms with van der Waals surface area (Å²) in [7, 11) is -3.92. The lowest BCUT2D eigenvalue weighted by molar-refractivity contribution is 0.351. The number of nitrogens with zero attached hydrogens (tertiary/aromatic N) is 1. The molecule has 0 aliphatic rings. The van der Waals surface area contributed by atoms with Gasteiger partial charge in [-0.3, -0.25) is 0 Å². The Kier molecular flexibility index (Phi) is 5.07. The van der Waals surface area contributed by atoms with Crippen LogP contribution in [0.15, 0.2) is 23.4 Å². The maximum absolute atomic E-state index is 13.4. The molecule has 4 nitrogen and oxygen atoms in total. The zero-order valence-corrected chi connectivity index (χ0v) is 11.9. The second kappa shape index (κ2) is 5.95. The number of alkyl halides is 1. The molecule has 0 saturated heterocycles. The Morgan fingerprint density at radius 2 is 2.17 bits per heavy atom. The van der Waals surface area contributed by atoms with Gasteiger partial charge in [0.15, 0.2) is 5.82 Å². The molecule has 0 aliphatic carbocycles. The molecule has 0 unspecified atom stereocenters. The molecule has 0 radical (unpaired) electrons. The summed E-state index contributed by atoms with van der Waals surface area (Å²) in [6.45, 7) is 3.94. The number of pyridine rings is 1. The first-order chi connectivity index (χ1) is 8.28. The summed E-state index contributed by atoms with van der Waals surface area (Å²) in [5, 5.41) is -0.577. The van der Waals surface area contributed by atoms with E-state index in [2.05, 4.69) is 9.71 Å². The minimum Gasteiger partial charge on any atom is -0.241 e. The van der Waals surface area contributed by atoms with Crippen molar-refractivity contribution in [3.8, 4) is 0 Å². The van der Waals surface area contributed by atoms with E-state index < -0.39 is 20.9 Å². The monoisotopic (exact) mass is 294 g/mol. The van der Waals surface area contributed by atoms with Gasteiger partial charge in [-0.25, -0.2) is 22.5 Å². The molecule has 0 aliphatic heterocycles. The Bertz CT molecular complexity index is 506. The van der Waals surface area contributed by atoms with Crippen LogP contribution in [-0.4, -0.2) is 25.8 Å². The van der Waals surface area contributed by atoms with Gasteiger partial charge in [0.1, 0.15) is 0 Å². The first-order valence-corrected chi connectivity index (χ1v) is 7.46. The first kappa shape index (κ1) is 15.3. The van der Waals surface area contributed by atoms with E-state index >= 15 is 0 Å². The first-order valence-electron chi connectivity index (χ1n) is 5.45. The van der Waals surface area contributed by atoms with Gasteiger partial charge in [-0.05, 0) is 24.0 Å². The van der Waals surface area contributed by atoms with Crippen LogP contribution in [0.3, 0.4) is 0 Å². The van der Waals surface area contributed by atoms with Crippen LogP contribution in [-0.2, 0) is 10.0 Å². The summed E-state index contributed by atoms with van der Waals surface area (Å²) >= 11 is 5.63. The zero-order valence-electron chi connectivity index (χ0n) is 10.3. The summed E-state index contributed by atoms with van der Waals surface area (Å²) < 4.78 is 39.4. The van der Waals surface area contributed by atoms with Crippen molar-refractivity contribution in [1.82, 2.24) is 9.71 Å². The van der Waals surface area contributed by atoms with Gasteiger partial charge in [0.05, 0.1) is 0 Å². The molecule has 102 valence electrons. The Morgan fingerprint density at radius 3 is 2.72 bits per heavy atom. The standard InChI is InChI=1S/C11H16ClFN2O2S/c1-11(2,5-6-12)8-15-18(16,17)10-9(13)4-3-7-14-10/h3-4,7,15H,5-6,8H2,1-2H3. The molecule has 0 saturated carbocycles. The molecular formula is C11H16ClFN2O2S. The predicted molar refractivity (Wildman–Crippen MR) is 68.5 cm³/mol. The third kappa shape index (κ3) is 4.19. The van der Waals surface area contributed by atoms with Crippen molar-refractivity contribution in [2.24, 2.45) is 5.41 Å². The van der Waals surface area contributed by atoms with E-state index in [1.807, 2.05) is 13.8 Å². The van der Waals surface area contributed by atoms with Gasteiger partial charge in [0.2, 0.25) is 5.03 Å². The number of hydrogen-bond acceptors (Lipinski definition) is 3. The summed E-state index contributed by atoms with van der Waals surface area (Å²) in [5.41, 5.74) is -0.292. The highest BCUT2D eigenvalue weighted by atomic mass is 35.5. The summed E-state index contributed by atoms with van der Waals surface area (Å²) in [5.74, 6) is -0.424. The van der Waals surface area contributed by atoms with Crippen LogP contribution in [0.4, 0.5) is 4.39 Å². The molecule has 1 rings (SSSR count). The molecule has 18 heavy (non-hydrogen) atoms. The molecule has 1 aromatic rings. The molecule has 0 atom stereocenters. The van der Waals surface area contributed by atoms with E-state index in [4.69, 9.17) is 11.6 Å². The second-order valence-corrected chi connectivity index (χ2v) is 6.78. The fourth-order valence-corrected chi connectivity index (χ4v) is 3.03. The normalized spacial score (nSPS) is 12.7. The van der Waals surface area contributed by atoms with E-state index in [1.165, 1.54) is 12.3 Å². The van der Waals surface area contributed by atoms with Crippen LogP contribution >= 0.6 is 11.6 Å². The molecule has 0 amide bonds. The molecule has 1 heterocycles. The fourth-order valence-electron chi connectivity index (χ4n) is 1.27. The van der Waals surface area contributed by atoms with Gasteiger partial charge in [0, 0.05) is 18.6 Å². The summed E-state index contributed by atoms with van der Waals surface area (Å²) in [4.78, 5) is 3.55. The van der Waals surface area contributed by atoms with Crippen molar-refractivity contribution in [1.29, 1.82) is 0 Å². The van der Waals surface area contributed by atoms with Crippen LogP contribution in [0.5, 0.6) is 0 Å². The predicted octanol–water partition coefficient (Wildman–Crippen LogP) is 2.15. The van der Waals surface area contributed by atoms with Gasteiger partial charge in [0.25, 0.3) is 10.0 Å². The minimum absolute atomic E-state index is 0.179. The lowest BCUT2D eigenvalue weighted by Crippen LogP contribution is -2.35. The van der Waals surface area contributed by atoms with Gasteiger partial charge < -0.3 is 0 Å². The Morgan fingerprint density at radius 1 is 1.50 bits per heavy atom. The van der Waals surface area contributed by atoms with Crippen LogP contribution in [0.2, 0.25) is 0 Å². The number of sulfonamides is 1. The molecule has 0 spiro atoms. The second-order valence-electron chi connectivity index (χ2n) is 4.72. The van der Waals surface area contributed by atoms with E-state index in [1.54, 1.807) is 0 Å². The summed E-state index contributed by atoms with van der Waals surface area (Å²) in [6.07, 6.45) is 1.89. The zero-order chi connectivity index (χ0) is 13.8. The lowest BCUT2D eigenvalue weighted by atomic mass is 9.91. The topological polar surface area (TPSA) is 59.1 Å². The van der Waals surface area contributed by atoms with Crippen molar-refractivity contribution in [2.45, 2.75) is 25.3 Å². The fraction of sp³-hybridized carbons (Fsp3) is 0.545. The molecule has 7 heteroatoms. The van der Waals surface area contributed by atoms with E-state index in [9.17, 15) is 12.8 Å². The van der Waals surface area contributed by atoms with Crippen molar-refractivity contribution < 1.29 is 12.8 Å². The average Bonchev–Trinajstić information content (AvgIpc) is 2.27.